The van der Waals surface area contributed by atoms with Gasteiger partial charge in [0, 0.05) is 11.8 Å². The average molecular weight is 380 g/mol. The number of H-pyrrole nitrogens is 1. The zero-order valence-corrected chi connectivity index (χ0v) is 15.0. The van der Waals surface area contributed by atoms with E-state index in [1.54, 1.807) is 23.7 Å². The number of benzene rings is 1. The van der Waals surface area contributed by atoms with Gasteiger partial charge >= 0.3 is 5.92 Å². The maximum atomic E-state index is 14.7. The number of nitrogens with one attached hydrogen (secondary N) is 1. The summed E-state index contributed by atoms with van der Waals surface area (Å²) in [6.45, 7) is 3.91. The van der Waals surface area contributed by atoms with Crippen LogP contribution in [0, 0.1) is 25.2 Å². The maximum absolute atomic E-state index is 14.7. The summed E-state index contributed by atoms with van der Waals surface area (Å²) < 4.78 is 31.0. The molecule has 4 aromatic rings. The first-order chi connectivity index (χ1) is 13.4. The van der Waals surface area contributed by atoms with Gasteiger partial charge in [0.05, 0.1) is 29.4 Å². The summed E-state index contributed by atoms with van der Waals surface area (Å²) >= 11 is 0. The zero-order chi connectivity index (χ0) is 19.9. The van der Waals surface area contributed by atoms with Crippen LogP contribution in [0.25, 0.3) is 11.0 Å². The fourth-order valence-corrected chi connectivity index (χ4v) is 3.10. The summed E-state index contributed by atoms with van der Waals surface area (Å²) in [6, 6.07) is 8.90. The standard InChI is InChI=1S/C18H14F2N8/c1-10-4-3-5-12(7-21)14(10)9-28-15-6-13(8-22-16(15)11(2)25-28)18(19,20)17-23-26-27-24-17/h3-6,8H,9H2,1-2H3,(H,23,24,26,27). The number of aromatic nitrogens is 7. The van der Waals surface area contributed by atoms with Crippen molar-refractivity contribution in [2.75, 3.05) is 0 Å². The summed E-state index contributed by atoms with van der Waals surface area (Å²) in [5.74, 6) is -4.10. The normalized spacial score (nSPS) is 11.7. The van der Waals surface area contributed by atoms with Gasteiger partial charge in [-0.05, 0) is 47.5 Å². The van der Waals surface area contributed by atoms with Crippen LogP contribution >= 0.6 is 0 Å². The van der Waals surface area contributed by atoms with Crippen LogP contribution in [0.15, 0.2) is 30.5 Å². The highest BCUT2D eigenvalue weighted by molar-refractivity contribution is 5.78. The molecule has 1 N–H and O–H groups in total. The van der Waals surface area contributed by atoms with Gasteiger partial charge in [-0.25, -0.2) is 5.10 Å². The van der Waals surface area contributed by atoms with Gasteiger partial charge in [0.2, 0.25) is 5.82 Å². The minimum Gasteiger partial charge on any atom is -0.258 e. The SMILES string of the molecule is Cc1cccc(C#N)c1Cn1nc(C)c2ncc(C(F)(F)c3nnn[nH]3)cc21. The van der Waals surface area contributed by atoms with Crippen molar-refractivity contribution >= 4 is 11.0 Å². The van der Waals surface area contributed by atoms with Crippen molar-refractivity contribution in [3.63, 3.8) is 0 Å². The molecule has 140 valence electrons. The van der Waals surface area contributed by atoms with Crippen LogP contribution in [0.4, 0.5) is 8.78 Å². The second-order valence-electron chi connectivity index (χ2n) is 6.37. The van der Waals surface area contributed by atoms with Crippen molar-refractivity contribution < 1.29 is 8.78 Å². The number of nitrogens with zero attached hydrogens (tertiary/aromatic N) is 7. The van der Waals surface area contributed by atoms with Crippen LogP contribution in [-0.4, -0.2) is 35.4 Å². The molecule has 10 heteroatoms. The molecular formula is C18H14F2N8. The Balaban J connectivity index is 1.84. The van der Waals surface area contributed by atoms with E-state index in [0.717, 1.165) is 17.3 Å². The van der Waals surface area contributed by atoms with Gasteiger partial charge in [-0.15, -0.1) is 5.10 Å². The second-order valence-corrected chi connectivity index (χ2v) is 6.37. The molecule has 0 amide bonds. The van der Waals surface area contributed by atoms with Crippen LogP contribution < -0.4 is 0 Å². The van der Waals surface area contributed by atoms with E-state index in [0.29, 0.717) is 22.3 Å². The Hall–Kier alpha value is -3.74. The number of pyridine rings is 1. The van der Waals surface area contributed by atoms with Crippen molar-refractivity contribution in [1.29, 1.82) is 5.26 Å². The smallest absolute Gasteiger partial charge is 0.258 e. The van der Waals surface area contributed by atoms with E-state index >= 15 is 0 Å². The molecule has 0 atom stereocenters. The first kappa shape index (κ1) is 17.7. The Bertz CT molecular complexity index is 1200. The van der Waals surface area contributed by atoms with Gasteiger partial charge in [0.15, 0.2) is 0 Å². The summed E-state index contributed by atoms with van der Waals surface area (Å²) in [4.78, 5) is 4.17. The molecule has 0 fully saturated rings. The fraction of sp³-hybridized carbons (Fsp3) is 0.222. The fourth-order valence-electron chi connectivity index (χ4n) is 3.10. The molecule has 8 nitrogen and oxygen atoms in total. The Morgan fingerprint density at radius 1 is 1.29 bits per heavy atom. The summed E-state index contributed by atoms with van der Waals surface area (Å²) in [5, 5.41) is 25.7. The van der Waals surface area contributed by atoms with Crippen LogP contribution in [0.2, 0.25) is 0 Å². The molecule has 3 aromatic heterocycles. The third-order valence-electron chi connectivity index (χ3n) is 4.60. The monoisotopic (exact) mass is 380 g/mol. The minimum atomic E-state index is -3.44. The summed E-state index contributed by atoms with van der Waals surface area (Å²) in [6.07, 6.45) is 1.10. The number of alkyl halides is 2. The number of hydrogen-bond donors (Lipinski definition) is 1. The number of aromatic amines is 1. The molecule has 1 aromatic carbocycles. The lowest BCUT2D eigenvalue weighted by Gasteiger charge is -2.13. The summed E-state index contributed by atoms with van der Waals surface area (Å²) in [5.41, 5.74) is 3.43. The Kier molecular flexibility index (Phi) is 4.07. The highest BCUT2D eigenvalue weighted by Crippen LogP contribution is 2.34. The van der Waals surface area contributed by atoms with Crippen molar-refractivity contribution in [3.8, 4) is 6.07 Å². The average Bonchev–Trinajstić information content (AvgIpc) is 3.33. The molecule has 0 radical (unpaired) electrons. The topological polar surface area (TPSA) is 109 Å². The number of fused-ring (bicyclic) bond motifs is 1. The van der Waals surface area contributed by atoms with Gasteiger partial charge in [-0.3, -0.25) is 9.67 Å². The van der Waals surface area contributed by atoms with E-state index in [2.05, 4.69) is 36.8 Å². The lowest BCUT2D eigenvalue weighted by Crippen LogP contribution is -2.18. The van der Waals surface area contributed by atoms with Crippen molar-refractivity contribution in [1.82, 2.24) is 35.4 Å². The first-order valence-corrected chi connectivity index (χ1v) is 8.36. The van der Waals surface area contributed by atoms with Gasteiger partial charge in [-0.2, -0.15) is 19.1 Å². The molecule has 0 aliphatic rings. The van der Waals surface area contributed by atoms with Crippen molar-refractivity contribution in [3.05, 3.63) is 64.2 Å². The molecule has 0 saturated carbocycles. The van der Waals surface area contributed by atoms with E-state index in [1.165, 1.54) is 6.07 Å². The largest absolute Gasteiger partial charge is 0.334 e. The van der Waals surface area contributed by atoms with Crippen LogP contribution in [-0.2, 0) is 12.5 Å². The predicted octanol–water partition coefficient (Wildman–Crippen LogP) is 2.62. The predicted molar refractivity (Wildman–Crippen MR) is 94.4 cm³/mol. The second kappa shape index (κ2) is 6.45. The number of rotatable bonds is 4. The number of hydrogen-bond acceptors (Lipinski definition) is 6. The van der Waals surface area contributed by atoms with Gasteiger partial charge < -0.3 is 0 Å². The van der Waals surface area contributed by atoms with Gasteiger partial charge in [0.1, 0.15) is 5.52 Å². The van der Waals surface area contributed by atoms with Crippen LogP contribution in [0.5, 0.6) is 0 Å². The van der Waals surface area contributed by atoms with E-state index in [-0.39, 0.29) is 12.1 Å². The van der Waals surface area contributed by atoms with Crippen LogP contribution in [0.1, 0.15) is 33.8 Å². The maximum Gasteiger partial charge on any atom is 0.334 e. The highest BCUT2D eigenvalue weighted by Gasteiger charge is 2.39. The lowest BCUT2D eigenvalue weighted by molar-refractivity contribution is 0.0326. The third kappa shape index (κ3) is 2.77. The molecule has 0 aliphatic heterocycles. The van der Waals surface area contributed by atoms with Crippen LogP contribution in [0.3, 0.4) is 0 Å². The molecule has 0 spiro atoms. The Labute approximate surface area is 157 Å². The zero-order valence-electron chi connectivity index (χ0n) is 15.0. The van der Waals surface area contributed by atoms with E-state index < -0.39 is 11.7 Å². The number of halogens is 2. The third-order valence-corrected chi connectivity index (χ3v) is 4.60. The van der Waals surface area contributed by atoms with Gasteiger partial charge in [-0.1, -0.05) is 12.1 Å². The lowest BCUT2D eigenvalue weighted by atomic mass is 10.0. The van der Waals surface area contributed by atoms with Crippen molar-refractivity contribution in [2.45, 2.75) is 26.3 Å². The van der Waals surface area contributed by atoms with Gasteiger partial charge in [0.25, 0.3) is 0 Å². The van der Waals surface area contributed by atoms with Crippen molar-refractivity contribution in [2.24, 2.45) is 0 Å². The molecule has 3 heterocycles. The first-order valence-electron chi connectivity index (χ1n) is 8.36. The number of nitriles is 1. The molecule has 0 bridgehead atoms. The Morgan fingerprint density at radius 2 is 2.11 bits per heavy atom. The van der Waals surface area contributed by atoms with E-state index in [4.69, 9.17) is 0 Å². The molecule has 4 rings (SSSR count). The number of aryl methyl sites for hydroxylation is 2. The number of tetrazole rings is 1. The molecular weight excluding hydrogens is 366 g/mol. The van der Waals surface area contributed by atoms with E-state index in [9.17, 15) is 14.0 Å². The molecule has 0 unspecified atom stereocenters. The molecule has 0 saturated heterocycles. The molecule has 0 aliphatic carbocycles. The highest BCUT2D eigenvalue weighted by atomic mass is 19.3. The molecule has 28 heavy (non-hydrogen) atoms. The Morgan fingerprint density at radius 3 is 2.82 bits per heavy atom. The quantitative estimate of drug-likeness (QED) is 0.583. The van der Waals surface area contributed by atoms with E-state index in [1.807, 2.05) is 13.0 Å². The summed E-state index contributed by atoms with van der Waals surface area (Å²) in [7, 11) is 0. The minimum absolute atomic E-state index is 0.264.